The number of rotatable bonds is 5. The van der Waals surface area contributed by atoms with Crippen molar-refractivity contribution in [3.8, 4) is 5.69 Å². The fraction of sp³-hybridized carbons (Fsp3) is 0.160. The average molecular weight is 432 g/mol. The molecular weight excluding hydrogens is 410 g/mol. The first kappa shape index (κ1) is 20.8. The van der Waals surface area contributed by atoms with Gasteiger partial charge in [-0.15, -0.1) is 0 Å². The molecule has 0 bridgehead atoms. The van der Waals surface area contributed by atoms with Crippen molar-refractivity contribution in [2.24, 2.45) is 0 Å². The van der Waals surface area contributed by atoms with Gasteiger partial charge < -0.3 is 4.90 Å². The van der Waals surface area contributed by atoms with Crippen molar-refractivity contribution in [2.45, 2.75) is 19.9 Å². The predicted molar refractivity (Wildman–Crippen MR) is 124 cm³/mol. The Bertz CT molecular complexity index is 1300. The standard InChI is InChI=1S/C25H22ClN3O2/c1-3-28(24(30)18-10-5-4-6-11-18)17(2)23-27-22-15-8-7-14-21(22)25(31)29(23)20-13-9-12-19(26)16-20/h4-17H,3H2,1-2H3. The van der Waals surface area contributed by atoms with E-state index in [0.717, 1.165) is 0 Å². The van der Waals surface area contributed by atoms with Gasteiger partial charge >= 0.3 is 0 Å². The van der Waals surface area contributed by atoms with Gasteiger partial charge in [0.15, 0.2) is 0 Å². The van der Waals surface area contributed by atoms with Crippen LogP contribution in [0.2, 0.25) is 5.02 Å². The van der Waals surface area contributed by atoms with Gasteiger partial charge in [0.2, 0.25) is 0 Å². The number of amides is 1. The van der Waals surface area contributed by atoms with Crippen molar-refractivity contribution in [3.05, 3.63) is 106 Å². The molecular formula is C25H22ClN3O2. The number of carbonyl (C=O) groups excluding carboxylic acids is 1. The third kappa shape index (κ3) is 3.97. The molecule has 1 amide bonds. The van der Waals surface area contributed by atoms with E-state index in [1.54, 1.807) is 45.9 Å². The predicted octanol–water partition coefficient (Wildman–Crippen LogP) is 5.26. The Morgan fingerprint density at radius 3 is 2.45 bits per heavy atom. The lowest BCUT2D eigenvalue weighted by atomic mass is 10.1. The van der Waals surface area contributed by atoms with Crippen molar-refractivity contribution in [1.29, 1.82) is 0 Å². The molecule has 0 saturated carbocycles. The van der Waals surface area contributed by atoms with Crippen LogP contribution in [0.1, 0.15) is 36.1 Å². The fourth-order valence-corrected chi connectivity index (χ4v) is 3.96. The van der Waals surface area contributed by atoms with Gasteiger partial charge in [-0.2, -0.15) is 0 Å². The van der Waals surface area contributed by atoms with Gasteiger partial charge in [0, 0.05) is 17.1 Å². The van der Waals surface area contributed by atoms with Crippen LogP contribution in [0.3, 0.4) is 0 Å². The zero-order valence-corrected chi connectivity index (χ0v) is 18.1. The Morgan fingerprint density at radius 1 is 1.03 bits per heavy atom. The SMILES string of the molecule is CCN(C(=O)c1ccccc1)C(C)c1nc2ccccc2c(=O)n1-c1cccc(Cl)c1. The molecule has 0 spiro atoms. The highest BCUT2D eigenvalue weighted by Crippen LogP contribution is 2.25. The van der Waals surface area contributed by atoms with Crippen LogP contribution in [0.15, 0.2) is 83.7 Å². The number of para-hydroxylation sites is 1. The van der Waals surface area contributed by atoms with Gasteiger partial charge in [0.05, 0.1) is 22.6 Å². The zero-order chi connectivity index (χ0) is 22.0. The molecule has 0 aliphatic rings. The molecule has 4 rings (SSSR count). The van der Waals surface area contributed by atoms with Crippen molar-refractivity contribution in [2.75, 3.05) is 6.54 Å². The molecule has 0 saturated heterocycles. The summed E-state index contributed by atoms with van der Waals surface area (Å²) in [5.41, 5.74) is 1.60. The van der Waals surface area contributed by atoms with E-state index < -0.39 is 6.04 Å². The van der Waals surface area contributed by atoms with Crippen LogP contribution < -0.4 is 5.56 Å². The second-order valence-corrected chi connectivity index (χ2v) is 7.68. The van der Waals surface area contributed by atoms with Crippen molar-refractivity contribution in [3.63, 3.8) is 0 Å². The molecule has 0 fully saturated rings. The maximum atomic E-state index is 13.5. The summed E-state index contributed by atoms with van der Waals surface area (Å²) < 4.78 is 1.56. The van der Waals surface area contributed by atoms with E-state index in [1.165, 1.54) is 0 Å². The zero-order valence-electron chi connectivity index (χ0n) is 17.3. The summed E-state index contributed by atoms with van der Waals surface area (Å²) in [4.78, 5) is 33.3. The number of fused-ring (bicyclic) bond motifs is 1. The van der Waals surface area contributed by atoms with E-state index in [2.05, 4.69) is 0 Å². The van der Waals surface area contributed by atoms with Crippen LogP contribution in [0, 0.1) is 0 Å². The third-order valence-electron chi connectivity index (χ3n) is 5.33. The minimum absolute atomic E-state index is 0.115. The normalized spacial score (nSPS) is 12.0. The molecule has 3 aromatic carbocycles. The van der Waals surface area contributed by atoms with Gasteiger partial charge in [-0.1, -0.05) is 48.0 Å². The first-order valence-corrected chi connectivity index (χ1v) is 10.5. The van der Waals surface area contributed by atoms with Gasteiger partial charge in [0.1, 0.15) is 5.82 Å². The number of nitrogens with zero attached hydrogens (tertiary/aromatic N) is 3. The monoisotopic (exact) mass is 431 g/mol. The molecule has 0 aliphatic heterocycles. The van der Waals surface area contributed by atoms with Crippen molar-refractivity contribution < 1.29 is 4.79 Å². The van der Waals surface area contributed by atoms with E-state index in [1.807, 2.05) is 56.3 Å². The summed E-state index contributed by atoms with van der Waals surface area (Å²) in [6.07, 6.45) is 0. The molecule has 1 unspecified atom stereocenters. The van der Waals surface area contributed by atoms with Crippen LogP contribution in [0.25, 0.3) is 16.6 Å². The number of aromatic nitrogens is 2. The number of halogens is 1. The van der Waals surface area contributed by atoms with Crippen molar-refractivity contribution in [1.82, 2.24) is 14.5 Å². The molecule has 4 aromatic rings. The molecule has 1 atom stereocenters. The third-order valence-corrected chi connectivity index (χ3v) is 5.57. The fourth-order valence-electron chi connectivity index (χ4n) is 3.77. The summed E-state index contributed by atoms with van der Waals surface area (Å²) in [6.45, 7) is 4.27. The van der Waals surface area contributed by atoms with Crippen molar-refractivity contribution >= 4 is 28.4 Å². The molecule has 6 heteroatoms. The molecule has 5 nitrogen and oxygen atoms in total. The molecule has 31 heavy (non-hydrogen) atoms. The second kappa shape index (κ2) is 8.74. The molecule has 1 aromatic heterocycles. The molecule has 0 N–H and O–H groups in total. The molecule has 0 aliphatic carbocycles. The minimum Gasteiger partial charge on any atom is -0.329 e. The lowest BCUT2D eigenvalue weighted by Crippen LogP contribution is -2.37. The van der Waals surface area contributed by atoms with Crippen LogP contribution in [-0.2, 0) is 0 Å². The number of benzene rings is 3. The summed E-state index contributed by atoms with van der Waals surface area (Å²) in [6, 6.07) is 23.0. The van der Waals surface area contributed by atoms with E-state index in [0.29, 0.717) is 39.5 Å². The largest absolute Gasteiger partial charge is 0.329 e. The minimum atomic E-state index is -0.450. The first-order valence-electron chi connectivity index (χ1n) is 10.1. The molecule has 1 heterocycles. The van der Waals surface area contributed by atoms with Crippen LogP contribution in [-0.4, -0.2) is 26.9 Å². The quantitative estimate of drug-likeness (QED) is 0.433. The Morgan fingerprint density at radius 2 is 1.74 bits per heavy atom. The van der Waals surface area contributed by atoms with Crippen LogP contribution >= 0.6 is 11.6 Å². The lowest BCUT2D eigenvalue weighted by Gasteiger charge is -2.29. The number of hydrogen-bond acceptors (Lipinski definition) is 3. The highest BCUT2D eigenvalue weighted by atomic mass is 35.5. The number of carbonyl (C=O) groups is 1. The summed E-state index contributed by atoms with van der Waals surface area (Å²) in [7, 11) is 0. The van der Waals surface area contributed by atoms with Gasteiger partial charge in [-0.25, -0.2) is 4.98 Å². The smallest absolute Gasteiger partial charge is 0.266 e. The van der Waals surface area contributed by atoms with E-state index >= 15 is 0 Å². The second-order valence-electron chi connectivity index (χ2n) is 7.24. The Hall–Kier alpha value is -3.44. The molecule has 0 radical (unpaired) electrons. The summed E-state index contributed by atoms with van der Waals surface area (Å²) >= 11 is 6.22. The Kier molecular flexibility index (Phi) is 5.87. The Labute approximate surface area is 185 Å². The lowest BCUT2D eigenvalue weighted by molar-refractivity contribution is 0.0693. The summed E-state index contributed by atoms with van der Waals surface area (Å²) in [5.74, 6) is 0.368. The van der Waals surface area contributed by atoms with E-state index in [4.69, 9.17) is 16.6 Å². The highest BCUT2D eigenvalue weighted by Gasteiger charge is 2.26. The highest BCUT2D eigenvalue weighted by molar-refractivity contribution is 6.30. The maximum Gasteiger partial charge on any atom is 0.266 e. The van der Waals surface area contributed by atoms with E-state index in [9.17, 15) is 9.59 Å². The topological polar surface area (TPSA) is 55.2 Å². The summed E-state index contributed by atoms with van der Waals surface area (Å²) in [5, 5.41) is 1.03. The van der Waals surface area contributed by atoms with Gasteiger partial charge in [0.25, 0.3) is 11.5 Å². The van der Waals surface area contributed by atoms with Gasteiger partial charge in [-0.05, 0) is 56.3 Å². The van der Waals surface area contributed by atoms with Gasteiger partial charge in [-0.3, -0.25) is 14.2 Å². The van der Waals surface area contributed by atoms with Crippen LogP contribution in [0.4, 0.5) is 0 Å². The van der Waals surface area contributed by atoms with Crippen LogP contribution in [0.5, 0.6) is 0 Å². The Balaban J connectivity index is 1.92. The number of hydrogen-bond donors (Lipinski definition) is 0. The molecule has 156 valence electrons. The van der Waals surface area contributed by atoms with E-state index in [-0.39, 0.29) is 11.5 Å². The first-order chi connectivity index (χ1) is 15.0. The maximum absolute atomic E-state index is 13.5. The average Bonchev–Trinajstić information content (AvgIpc) is 2.80.